The van der Waals surface area contributed by atoms with Crippen LogP contribution in [0.1, 0.15) is 5.56 Å². The molecule has 0 unspecified atom stereocenters. The van der Waals surface area contributed by atoms with Gasteiger partial charge < -0.3 is 21.9 Å². The molecule has 0 spiro atoms. The monoisotopic (exact) mass is 210 g/mol. The van der Waals surface area contributed by atoms with Crippen LogP contribution in [0.15, 0.2) is 12.3 Å². The molecule has 6 heteroatoms. The number of hydrogen-bond donors (Lipinski definition) is 3. The minimum absolute atomic E-state index is 0.269. The Morgan fingerprint density at radius 1 is 1.60 bits per heavy atom. The van der Waals surface area contributed by atoms with Gasteiger partial charge in [0.2, 0.25) is 0 Å². The Hall–Kier alpha value is -1.82. The summed E-state index contributed by atoms with van der Waals surface area (Å²) in [6.45, 7) is 0. The Labute approximate surface area is 87.4 Å². The number of aromatic nitrogens is 1. The maximum Gasteiger partial charge on any atom is 0.322 e. The molecule has 0 saturated carbocycles. The highest BCUT2D eigenvalue weighted by molar-refractivity contribution is 5.75. The standard InChI is InChI=1S/C9H14N4O2/c1-15-9(14)7(11)3-5-2-6(10)8(12)13-4-5/h2,4,7H,3,10-11H2,1H3,(H2,12,13)/t7-/m0/s1. The number of nitrogen functional groups attached to an aromatic ring is 2. The second-order valence-corrected chi connectivity index (χ2v) is 3.15. The number of nitrogens with two attached hydrogens (primary N) is 3. The number of anilines is 2. The topological polar surface area (TPSA) is 117 Å². The van der Waals surface area contributed by atoms with Crippen LogP contribution >= 0.6 is 0 Å². The maximum atomic E-state index is 11.0. The molecule has 0 fully saturated rings. The van der Waals surface area contributed by atoms with E-state index in [0.29, 0.717) is 12.1 Å². The van der Waals surface area contributed by atoms with Gasteiger partial charge in [0.05, 0.1) is 12.8 Å². The van der Waals surface area contributed by atoms with Gasteiger partial charge in [-0.1, -0.05) is 0 Å². The van der Waals surface area contributed by atoms with Crippen molar-refractivity contribution in [3.8, 4) is 0 Å². The Balaban J connectivity index is 2.73. The second kappa shape index (κ2) is 4.61. The van der Waals surface area contributed by atoms with E-state index in [9.17, 15) is 4.79 Å². The average molecular weight is 210 g/mol. The van der Waals surface area contributed by atoms with Crippen LogP contribution in [0.3, 0.4) is 0 Å². The molecule has 0 saturated heterocycles. The van der Waals surface area contributed by atoms with Crippen molar-refractivity contribution >= 4 is 17.5 Å². The first-order valence-corrected chi connectivity index (χ1v) is 4.38. The van der Waals surface area contributed by atoms with Gasteiger partial charge in [-0.25, -0.2) is 4.98 Å². The average Bonchev–Trinajstić information content (AvgIpc) is 2.22. The molecule has 0 bridgehead atoms. The van der Waals surface area contributed by atoms with Crippen molar-refractivity contribution in [3.63, 3.8) is 0 Å². The van der Waals surface area contributed by atoms with Crippen molar-refractivity contribution in [1.82, 2.24) is 4.98 Å². The number of pyridine rings is 1. The number of carbonyl (C=O) groups is 1. The molecule has 1 aromatic rings. The van der Waals surface area contributed by atoms with E-state index in [4.69, 9.17) is 17.2 Å². The lowest BCUT2D eigenvalue weighted by Crippen LogP contribution is -2.33. The summed E-state index contributed by atoms with van der Waals surface area (Å²) < 4.78 is 4.50. The van der Waals surface area contributed by atoms with Crippen molar-refractivity contribution in [3.05, 3.63) is 17.8 Å². The third-order valence-electron chi connectivity index (χ3n) is 1.97. The third kappa shape index (κ3) is 2.81. The summed E-state index contributed by atoms with van der Waals surface area (Å²) >= 11 is 0. The van der Waals surface area contributed by atoms with Gasteiger partial charge in [0.1, 0.15) is 11.9 Å². The molecule has 1 aromatic heterocycles. The smallest absolute Gasteiger partial charge is 0.322 e. The molecular formula is C9H14N4O2. The first kappa shape index (κ1) is 11.3. The molecule has 0 aromatic carbocycles. The van der Waals surface area contributed by atoms with Gasteiger partial charge in [0.15, 0.2) is 0 Å². The van der Waals surface area contributed by atoms with Crippen LogP contribution in [-0.2, 0) is 16.0 Å². The summed E-state index contributed by atoms with van der Waals surface area (Å²) in [6, 6.07) is 0.935. The minimum Gasteiger partial charge on any atom is -0.468 e. The number of rotatable bonds is 3. The number of carbonyl (C=O) groups excluding carboxylic acids is 1. The zero-order valence-corrected chi connectivity index (χ0v) is 8.43. The van der Waals surface area contributed by atoms with Crippen molar-refractivity contribution < 1.29 is 9.53 Å². The van der Waals surface area contributed by atoms with Gasteiger partial charge in [0.25, 0.3) is 0 Å². The molecule has 0 aliphatic heterocycles. The van der Waals surface area contributed by atoms with E-state index in [-0.39, 0.29) is 5.82 Å². The highest BCUT2D eigenvalue weighted by Crippen LogP contribution is 2.13. The van der Waals surface area contributed by atoms with Crippen LogP contribution in [-0.4, -0.2) is 24.1 Å². The van der Waals surface area contributed by atoms with Gasteiger partial charge in [-0.15, -0.1) is 0 Å². The molecule has 82 valence electrons. The Morgan fingerprint density at radius 3 is 2.80 bits per heavy atom. The molecule has 6 nitrogen and oxygen atoms in total. The number of hydrogen-bond acceptors (Lipinski definition) is 6. The molecule has 0 aliphatic carbocycles. The van der Waals surface area contributed by atoms with Crippen molar-refractivity contribution in [2.75, 3.05) is 18.6 Å². The van der Waals surface area contributed by atoms with Gasteiger partial charge in [0, 0.05) is 6.20 Å². The molecule has 15 heavy (non-hydrogen) atoms. The Morgan fingerprint density at radius 2 is 2.27 bits per heavy atom. The van der Waals surface area contributed by atoms with E-state index in [1.54, 1.807) is 6.07 Å². The molecule has 1 heterocycles. The molecule has 6 N–H and O–H groups in total. The zero-order valence-electron chi connectivity index (χ0n) is 8.43. The van der Waals surface area contributed by atoms with Crippen LogP contribution in [0.4, 0.5) is 11.5 Å². The molecular weight excluding hydrogens is 196 g/mol. The molecule has 0 aliphatic rings. The predicted molar refractivity (Wildman–Crippen MR) is 56.8 cm³/mol. The van der Waals surface area contributed by atoms with Crippen molar-refractivity contribution in [1.29, 1.82) is 0 Å². The van der Waals surface area contributed by atoms with Gasteiger partial charge in [-0.3, -0.25) is 4.79 Å². The number of ether oxygens (including phenoxy) is 1. The summed E-state index contributed by atoms with van der Waals surface area (Å²) in [4.78, 5) is 14.9. The maximum absolute atomic E-state index is 11.0. The van der Waals surface area contributed by atoms with E-state index in [1.165, 1.54) is 13.3 Å². The first-order valence-electron chi connectivity index (χ1n) is 4.38. The number of esters is 1. The molecule has 1 rings (SSSR count). The van der Waals surface area contributed by atoms with Gasteiger partial charge >= 0.3 is 5.97 Å². The Bertz CT molecular complexity index is 367. The lowest BCUT2D eigenvalue weighted by atomic mass is 10.1. The van der Waals surface area contributed by atoms with E-state index in [2.05, 4.69) is 9.72 Å². The number of methoxy groups -OCH3 is 1. The SMILES string of the molecule is COC(=O)[C@@H](N)Cc1cnc(N)c(N)c1. The minimum atomic E-state index is -0.708. The van der Waals surface area contributed by atoms with Crippen LogP contribution < -0.4 is 17.2 Å². The predicted octanol–water partition coefficient (Wildman–Crippen LogP) is -0.711. The lowest BCUT2D eigenvalue weighted by Gasteiger charge is -2.09. The fourth-order valence-electron chi connectivity index (χ4n) is 1.14. The van der Waals surface area contributed by atoms with E-state index in [0.717, 1.165) is 5.56 Å². The number of nitrogens with zero attached hydrogens (tertiary/aromatic N) is 1. The summed E-state index contributed by atoms with van der Waals surface area (Å²) in [5.41, 5.74) is 17.7. The molecule has 0 radical (unpaired) electrons. The van der Waals surface area contributed by atoms with Crippen molar-refractivity contribution in [2.45, 2.75) is 12.5 Å². The normalized spacial score (nSPS) is 12.1. The zero-order chi connectivity index (χ0) is 11.4. The highest BCUT2D eigenvalue weighted by Gasteiger charge is 2.14. The largest absolute Gasteiger partial charge is 0.468 e. The van der Waals surface area contributed by atoms with Crippen LogP contribution in [0.2, 0.25) is 0 Å². The second-order valence-electron chi connectivity index (χ2n) is 3.15. The van der Waals surface area contributed by atoms with Crippen LogP contribution in [0.5, 0.6) is 0 Å². The van der Waals surface area contributed by atoms with Crippen molar-refractivity contribution in [2.24, 2.45) is 5.73 Å². The van der Waals surface area contributed by atoms with E-state index < -0.39 is 12.0 Å². The molecule has 1 atom stereocenters. The summed E-state index contributed by atoms with van der Waals surface area (Å²) in [5.74, 6) is -0.198. The van der Waals surface area contributed by atoms with Crippen LogP contribution in [0.25, 0.3) is 0 Å². The fourth-order valence-corrected chi connectivity index (χ4v) is 1.14. The van der Waals surface area contributed by atoms with Crippen LogP contribution in [0, 0.1) is 0 Å². The summed E-state index contributed by atoms with van der Waals surface area (Å²) in [5, 5.41) is 0. The quantitative estimate of drug-likeness (QED) is 0.567. The Kier molecular flexibility index (Phi) is 3.46. The third-order valence-corrected chi connectivity index (χ3v) is 1.97. The van der Waals surface area contributed by atoms with E-state index in [1.807, 2.05) is 0 Å². The summed E-state index contributed by atoms with van der Waals surface area (Å²) in [7, 11) is 1.29. The highest BCUT2D eigenvalue weighted by atomic mass is 16.5. The molecule has 0 amide bonds. The first-order chi connectivity index (χ1) is 7.04. The summed E-state index contributed by atoms with van der Waals surface area (Å²) in [6.07, 6.45) is 1.86. The van der Waals surface area contributed by atoms with Gasteiger partial charge in [-0.2, -0.15) is 0 Å². The van der Waals surface area contributed by atoms with E-state index >= 15 is 0 Å². The lowest BCUT2D eigenvalue weighted by molar-refractivity contribution is -0.142. The van der Waals surface area contributed by atoms with Gasteiger partial charge in [-0.05, 0) is 18.1 Å². The fraction of sp³-hybridized carbons (Fsp3) is 0.333.